The normalized spacial score (nSPS) is 14.5. The van der Waals surface area contributed by atoms with Gasteiger partial charge >= 0.3 is 5.97 Å². The van der Waals surface area contributed by atoms with Crippen LogP contribution in [0.3, 0.4) is 0 Å². The van der Waals surface area contributed by atoms with Crippen LogP contribution < -0.4 is 15.8 Å². The van der Waals surface area contributed by atoms with E-state index >= 15 is 0 Å². The molecule has 7 nitrogen and oxygen atoms in total. The molecule has 32 heavy (non-hydrogen) atoms. The van der Waals surface area contributed by atoms with Crippen molar-refractivity contribution in [1.29, 1.82) is 5.41 Å². The highest BCUT2D eigenvalue weighted by molar-refractivity contribution is 5.95. The van der Waals surface area contributed by atoms with Crippen LogP contribution in [0.4, 0.5) is 0 Å². The lowest BCUT2D eigenvalue weighted by Gasteiger charge is -2.19. The van der Waals surface area contributed by atoms with Crippen molar-refractivity contribution in [2.75, 3.05) is 13.2 Å². The Bertz CT molecular complexity index is 936. The first-order valence-corrected chi connectivity index (χ1v) is 11.1. The van der Waals surface area contributed by atoms with E-state index in [1.54, 1.807) is 31.2 Å². The molecular weight excluding hydrogens is 406 g/mol. The Balaban J connectivity index is 1.65. The van der Waals surface area contributed by atoms with E-state index in [1.807, 2.05) is 24.3 Å². The van der Waals surface area contributed by atoms with Gasteiger partial charge in [0.05, 0.1) is 19.1 Å². The number of amidine groups is 1. The van der Waals surface area contributed by atoms with Crippen molar-refractivity contribution in [3.63, 3.8) is 0 Å². The largest absolute Gasteiger partial charge is 0.491 e. The molecule has 0 radical (unpaired) electrons. The minimum Gasteiger partial charge on any atom is -0.491 e. The summed E-state index contributed by atoms with van der Waals surface area (Å²) < 4.78 is 10.8. The Morgan fingerprint density at radius 1 is 1.12 bits per heavy atom. The van der Waals surface area contributed by atoms with Crippen molar-refractivity contribution in [2.24, 2.45) is 5.73 Å². The van der Waals surface area contributed by atoms with E-state index in [0.29, 0.717) is 22.8 Å². The summed E-state index contributed by atoms with van der Waals surface area (Å²) in [5.74, 6) is 0.353. The molecule has 1 aliphatic carbocycles. The second-order valence-corrected chi connectivity index (χ2v) is 8.04. The number of hydrogen-bond acceptors (Lipinski definition) is 5. The number of esters is 1. The molecule has 170 valence electrons. The number of nitrogen functional groups attached to an aromatic ring is 1. The summed E-state index contributed by atoms with van der Waals surface area (Å²) in [6.07, 6.45) is 4.92. The third-order valence-corrected chi connectivity index (χ3v) is 5.65. The molecule has 1 amide bonds. The lowest BCUT2D eigenvalue weighted by molar-refractivity contribution is -0.143. The van der Waals surface area contributed by atoms with E-state index in [4.69, 9.17) is 20.6 Å². The van der Waals surface area contributed by atoms with Crippen LogP contribution in [0.2, 0.25) is 0 Å². The Morgan fingerprint density at radius 2 is 1.84 bits per heavy atom. The summed E-state index contributed by atoms with van der Waals surface area (Å²) in [7, 11) is 0. The molecule has 4 N–H and O–H groups in total. The fourth-order valence-corrected chi connectivity index (χ4v) is 3.96. The lowest BCUT2D eigenvalue weighted by atomic mass is 9.96. The molecule has 1 atom stereocenters. The van der Waals surface area contributed by atoms with Crippen molar-refractivity contribution in [2.45, 2.75) is 51.0 Å². The molecule has 0 unspecified atom stereocenters. The van der Waals surface area contributed by atoms with Gasteiger partial charge in [-0.2, -0.15) is 0 Å². The predicted molar refractivity (Wildman–Crippen MR) is 123 cm³/mol. The summed E-state index contributed by atoms with van der Waals surface area (Å²) >= 11 is 0. The zero-order chi connectivity index (χ0) is 22.9. The van der Waals surface area contributed by atoms with Gasteiger partial charge in [0.15, 0.2) is 0 Å². The van der Waals surface area contributed by atoms with Gasteiger partial charge in [-0.05, 0) is 55.5 Å². The quantitative estimate of drug-likeness (QED) is 0.297. The van der Waals surface area contributed by atoms with Crippen molar-refractivity contribution < 1.29 is 19.1 Å². The number of carbonyl (C=O) groups excluding carboxylic acids is 2. The third kappa shape index (κ3) is 6.57. The molecule has 1 saturated carbocycles. The number of nitrogens with one attached hydrogen (secondary N) is 2. The number of hydrogen-bond donors (Lipinski definition) is 3. The molecule has 0 aliphatic heterocycles. The first-order valence-electron chi connectivity index (χ1n) is 11.1. The van der Waals surface area contributed by atoms with Crippen LogP contribution in [0.15, 0.2) is 48.5 Å². The molecule has 2 aromatic rings. The van der Waals surface area contributed by atoms with Crippen molar-refractivity contribution in [3.05, 3.63) is 65.2 Å². The molecule has 1 aliphatic rings. The van der Waals surface area contributed by atoms with E-state index in [9.17, 15) is 9.59 Å². The van der Waals surface area contributed by atoms with Crippen molar-refractivity contribution >= 4 is 17.7 Å². The van der Waals surface area contributed by atoms with E-state index < -0.39 is 12.0 Å². The van der Waals surface area contributed by atoms with Gasteiger partial charge in [0.1, 0.15) is 18.2 Å². The molecule has 0 heterocycles. The maximum absolute atomic E-state index is 12.8. The molecule has 0 aromatic heterocycles. The molecular formula is C25H31N3O4. The zero-order valence-corrected chi connectivity index (χ0v) is 18.4. The fraction of sp³-hybridized carbons (Fsp3) is 0.400. The average Bonchev–Trinajstić information content (AvgIpc) is 3.33. The zero-order valence-electron chi connectivity index (χ0n) is 18.4. The van der Waals surface area contributed by atoms with Gasteiger partial charge in [-0.25, -0.2) is 0 Å². The number of nitrogens with two attached hydrogens (primary N) is 1. The van der Waals surface area contributed by atoms with Crippen molar-refractivity contribution in [1.82, 2.24) is 5.32 Å². The highest BCUT2D eigenvalue weighted by atomic mass is 16.5. The molecule has 0 spiro atoms. The smallest absolute Gasteiger partial charge is 0.307 e. The number of benzene rings is 2. The van der Waals surface area contributed by atoms with Gasteiger partial charge in [-0.15, -0.1) is 0 Å². The minimum absolute atomic E-state index is 0.00780. The number of rotatable bonds is 10. The Morgan fingerprint density at radius 3 is 2.50 bits per heavy atom. The van der Waals surface area contributed by atoms with E-state index in [-0.39, 0.29) is 31.4 Å². The number of ether oxygens (including phenoxy) is 2. The Kier molecular flexibility index (Phi) is 8.25. The molecule has 7 heteroatoms. The molecule has 2 aromatic carbocycles. The van der Waals surface area contributed by atoms with Crippen molar-refractivity contribution in [3.8, 4) is 5.75 Å². The fourth-order valence-electron chi connectivity index (χ4n) is 3.96. The second-order valence-electron chi connectivity index (χ2n) is 8.04. The molecule has 0 saturated heterocycles. The SMILES string of the molecule is CCOC(=O)C[C@H](COc1cccc(C(=N)N)c1)NC(=O)c1ccc(C2CCCC2)cc1. The minimum atomic E-state index is -0.572. The standard InChI is InChI=1S/C25H31N3O4/c1-2-31-23(29)15-21(16-32-22-9-5-8-20(14-22)24(26)27)28-25(30)19-12-10-18(11-13-19)17-6-3-4-7-17/h5,8-14,17,21H,2-4,6-7,15-16H2,1H3,(H3,26,27)(H,28,30)/t21-/m1/s1. The summed E-state index contributed by atoms with van der Waals surface area (Å²) in [6, 6.07) is 14.0. The molecule has 0 bridgehead atoms. The molecule has 3 rings (SSSR count). The first kappa shape index (κ1) is 23.3. The highest BCUT2D eigenvalue weighted by Crippen LogP contribution is 2.33. The van der Waals surface area contributed by atoms with Gasteiger partial charge in [0.2, 0.25) is 0 Å². The Labute approximate surface area is 188 Å². The maximum atomic E-state index is 12.8. The van der Waals surface area contributed by atoms with Crippen LogP contribution in [0.25, 0.3) is 0 Å². The third-order valence-electron chi connectivity index (χ3n) is 5.65. The van der Waals surface area contributed by atoms with Gasteiger partial charge in [0, 0.05) is 11.1 Å². The van der Waals surface area contributed by atoms with Crippen LogP contribution >= 0.6 is 0 Å². The van der Waals surface area contributed by atoms with Gasteiger partial charge in [0.25, 0.3) is 5.91 Å². The lowest BCUT2D eigenvalue weighted by Crippen LogP contribution is -2.41. The van der Waals surface area contributed by atoms with Gasteiger partial charge in [-0.3, -0.25) is 15.0 Å². The van der Waals surface area contributed by atoms with E-state index in [1.165, 1.54) is 31.2 Å². The molecule has 1 fully saturated rings. The summed E-state index contributed by atoms with van der Waals surface area (Å²) in [5.41, 5.74) is 7.88. The first-order chi connectivity index (χ1) is 15.5. The van der Waals surface area contributed by atoms with Crippen LogP contribution in [-0.2, 0) is 9.53 Å². The van der Waals surface area contributed by atoms with Crippen LogP contribution in [0.1, 0.15) is 66.4 Å². The Hall–Kier alpha value is -3.35. The van der Waals surface area contributed by atoms with E-state index in [2.05, 4.69) is 5.32 Å². The van der Waals surface area contributed by atoms with Gasteiger partial charge in [-0.1, -0.05) is 37.1 Å². The summed E-state index contributed by atoms with van der Waals surface area (Å²) in [5, 5.41) is 10.4. The van der Waals surface area contributed by atoms with Crippen LogP contribution in [0, 0.1) is 5.41 Å². The maximum Gasteiger partial charge on any atom is 0.307 e. The second kappa shape index (κ2) is 11.3. The monoisotopic (exact) mass is 437 g/mol. The summed E-state index contributed by atoms with van der Waals surface area (Å²) in [6.45, 7) is 2.08. The number of carbonyl (C=O) groups is 2. The topological polar surface area (TPSA) is 114 Å². The van der Waals surface area contributed by atoms with E-state index in [0.717, 1.165) is 0 Å². The highest BCUT2D eigenvalue weighted by Gasteiger charge is 2.21. The summed E-state index contributed by atoms with van der Waals surface area (Å²) in [4.78, 5) is 24.9. The van der Waals surface area contributed by atoms with Gasteiger partial charge < -0.3 is 20.5 Å². The average molecular weight is 438 g/mol. The van der Waals surface area contributed by atoms with Crippen LogP contribution in [-0.4, -0.2) is 37.0 Å². The van der Waals surface area contributed by atoms with Crippen LogP contribution in [0.5, 0.6) is 5.75 Å². The predicted octanol–water partition coefficient (Wildman–Crippen LogP) is 3.76. The number of amides is 1.